The van der Waals surface area contributed by atoms with Gasteiger partial charge in [-0.1, -0.05) is 6.07 Å². The molecule has 2 aliphatic rings. The van der Waals surface area contributed by atoms with Crippen molar-refractivity contribution >= 4 is 5.82 Å². The first-order valence-corrected chi connectivity index (χ1v) is 12.4. The lowest BCUT2D eigenvalue weighted by atomic mass is 9.66. The maximum Gasteiger partial charge on any atom is 0.253 e. The molecule has 4 heterocycles. The van der Waals surface area contributed by atoms with Gasteiger partial charge < -0.3 is 10.0 Å². The zero-order valence-electron chi connectivity index (χ0n) is 21.4. The summed E-state index contributed by atoms with van der Waals surface area (Å²) in [6.45, 7) is 4.28. The number of rotatable bonds is 4. The Kier molecular flexibility index (Phi) is 5.86. The number of aromatic nitrogens is 4. The molecule has 0 radical (unpaired) electrons. The van der Waals surface area contributed by atoms with Crippen LogP contribution in [0.3, 0.4) is 0 Å². The van der Waals surface area contributed by atoms with Crippen LogP contribution < -0.4 is 10.5 Å². The van der Waals surface area contributed by atoms with Gasteiger partial charge in [0.15, 0.2) is 5.82 Å². The quantitative estimate of drug-likeness (QED) is 0.593. The Labute approximate surface area is 210 Å². The number of nitrogens with zero attached hydrogens (tertiary/aromatic N) is 6. The minimum Gasteiger partial charge on any atom is -0.507 e. The summed E-state index contributed by atoms with van der Waals surface area (Å²) in [6, 6.07) is 9.77. The van der Waals surface area contributed by atoms with Gasteiger partial charge in [0.2, 0.25) is 0 Å². The standard InChI is InChI=1S/C27H33FN6O2/c1-26-12-6-13-27(2,34(26)5)24(28)20(16-26)32(3)22-10-9-19(30-31-22)18-8-7-17(15-21(18)35)25-29-14-11-23(36)33(25)4/h7-11,14-15,20,24,35H,6,12-13,16H2,1-5H3/t20-,24+,26-,27+/m1/s1. The first kappa shape index (κ1) is 24.4. The first-order valence-electron chi connectivity index (χ1n) is 12.4. The summed E-state index contributed by atoms with van der Waals surface area (Å²) in [6.07, 6.45) is 4.10. The Morgan fingerprint density at radius 3 is 2.58 bits per heavy atom. The predicted molar refractivity (Wildman–Crippen MR) is 138 cm³/mol. The van der Waals surface area contributed by atoms with Crippen molar-refractivity contribution in [2.24, 2.45) is 7.05 Å². The van der Waals surface area contributed by atoms with E-state index in [-0.39, 0.29) is 22.9 Å². The van der Waals surface area contributed by atoms with Crippen molar-refractivity contribution in [2.45, 2.75) is 62.8 Å². The second-order valence-electron chi connectivity index (χ2n) is 10.7. The molecule has 1 aromatic carbocycles. The smallest absolute Gasteiger partial charge is 0.253 e. The lowest BCUT2D eigenvalue weighted by Crippen LogP contribution is -2.72. The molecule has 2 saturated heterocycles. The van der Waals surface area contributed by atoms with Gasteiger partial charge in [-0.15, -0.1) is 10.2 Å². The second kappa shape index (κ2) is 8.65. The second-order valence-corrected chi connectivity index (χ2v) is 10.7. The van der Waals surface area contributed by atoms with Crippen LogP contribution >= 0.6 is 0 Å². The van der Waals surface area contributed by atoms with E-state index >= 15 is 4.39 Å². The summed E-state index contributed by atoms with van der Waals surface area (Å²) >= 11 is 0. The van der Waals surface area contributed by atoms with Gasteiger partial charge in [-0.05, 0) is 70.8 Å². The number of hydrogen-bond acceptors (Lipinski definition) is 7. The fourth-order valence-corrected chi connectivity index (χ4v) is 6.10. The van der Waals surface area contributed by atoms with Crippen LogP contribution in [-0.4, -0.2) is 67.1 Å². The number of aromatic hydroxyl groups is 1. The zero-order chi connectivity index (χ0) is 25.8. The van der Waals surface area contributed by atoms with Crippen molar-refractivity contribution in [2.75, 3.05) is 19.0 Å². The molecule has 3 aromatic rings. The van der Waals surface area contributed by atoms with Crippen LogP contribution in [0.25, 0.3) is 22.6 Å². The van der Waals surface area contributed by atoms with Crippen LogP contribution in [-0.2, 0) is 7.05 Å². The van der Waals surface area contributed by atoms with Gasteiger partial charge in [0, 0.05) is 43.0 Å². The highest BCUT2D eigenvalue weighted by Crippen LogP contribution is 2.49. The van der Waals surface area contributed by atoms with Crippen molar-refractivity contribution < 1.29 is 9.50 Å². The fraction of sp³-hybridized carbons (Fsp3) is 0.481. The summed E-state index contributed by atoms with van der Waals surface area (Å²) in [5, 5.41) is 19.5. The molecule has 8 nitrogen and oxygen atoms in total. The van der Waals surface area contributed by atoms with Crippen LogP contribution in [0.2, 0.25) is 0 Å². The van der Waals surface area contributed by atoms with Gasteiger partial charge in [-0.25, -0.2) is 9.37 Å². The van der Waals surface area contributed by atoms with E-state index < -0.39 is 11.7 Å². The number of phenolic OH excluding ortho intramolecular Hbond substituents is 1. The first-order chi connectivity index (χ1) is 17.0. The van der Waals surface area contributed by atoms with E-state index in [9.17, 15) is 9.90 Å². The van der Waals surface area contributed by atoms with E-state index in [0.717, 1.165) is 25.7 Å². The summed E-state index contributed by atoms with van der Waals surface area (Å²) in [5.41, 5.74) is 0.903. The van der Waals surface area contributed by atoms with E-state index in [1.807, 2.05) is 24.9 Å². The molecular weight excluding hydrogens is 459 g/mol. The van der Waals surface area contributed by atoms with E-state index in [2.05, 4.69) is 34.1 Å². The van der Waals surface area contributed by atoms with Gasteiger partial charge in [-0.2, -0.15) is 0 Å². The summed E-state index contributed by atoms with van der Waals surface area (Å²) < 4.78 is 17.3. The zero-order valence-corrected chi connectivity index (χ0v) is 21.4. The van der Waals surface area contributed by atoms with Gasteiger partial charge in [0.1, 0.15) is 17.7 Å². The molecule has 0 unspecified atom stereocenters. The topological polar surface area (TPSA) is 87.4 Å². The highest BCUT2D eigenvalue weighted by Gasteiger charge is 2.57. The number of phenols is 1. The fourth-order valence-electron chi connectivity index (χ4n) is 6.10. The molecule has 190 valence electrons. The van der Waals surface area contributed by atoms with Gasteiger partial charge >= 0.3 is 0 Å². The molecule has 2 aromatic heterocycles. The minimum atomic E-state index is -1.01. The molecular formula is C27H33FN6O2. The van der Waals surface area contributed by atoms with E-state index in [1.165, 1.54) is 16.8 Å². The normalized spacial score (nSPS) is 28.2. The maximum absolute atomic E-state index is 15.9. The van der Waals surface area contributed by atoms with Crippen molar-refractivity contribution in [3.05, 3.63) is 52.9 Å². The molecule has 0 aliphatic carbocycles. The lowest BCUT2D eigenvalue weighted by Gasteiger charge is -2.62. The number of hydrogen-bond donors (Lipinski definition) is 1. The molecule has 0 spiro atoms. The van der Waals surface area contributed by atoms with E-state index in [4.69, 9.17) is 0 Å². The lowest BCUT2D eigenvalue weighted by molar-refractivity contribution is -0.117. The van der Waals surface area contributed by atoms with Crippen molar-refractivity contribution in [1.82, 2.24) is 24.6 Å². The highest BCUT2D eigenvalue weighted by atomic mass is 19.1. The summed E-state index contributed by atoms with van der Waals surface area (Å²) in [7, 11) is 5.58. The Hall–Kier alpha value is -3.33. The van der Waals surface area contributed by atoms with Crippen LogP contribution in [0.1, 0.15) is 39.5 Å². The summed E-state index contributed by atoms with van der Waals surface area (Å²) in [5.74, 6) is 1.06. The molecule has 0 saturated carbocycles. The Bertz CT molecular complexity index is 1340. The van der Waals surface area contributed by atoms with Crippen LogP contribution in [0.5, 0.6) is 5.75 Å². The molecule has 4 atom stereocenters. The number of halogens is 1. The average molecular weight is 493 g/mol. The molecule has 0 amide bonds. The third-order valence-electron chi connectivity index (χ3n) is 8.66. The molecule has 9 heteroatoms. The molecule has 5 rings (SSSR count). The Morgan fingerprint density at radius 1 is 1.11 bits per heavy atom. The number of piperidine rings is 2. The molecule has 2 aliphatic heterocycles. The number of benzene rings is 1. The van der Waals surface area contributed by atoms with Crippen molar-refractivity contribution in [1.29, 1.82) is 0 Å². The van der Waals surface area contributed by atoms with Gasteiger partial charge in [0.25, 0.3) is 5.56 Å². The third-order valence-corrected chi connectivity index (χ3v) is 8.66. The number of alkyl halides is 1. The SMILES string of the molecule is CN(c1ccc(-c2ccc(-c3nccc(=O)n3C)cc2O)nn1)[C@@H]1C[C@@]2(C)CCC[C@@](C)([C@H]1F)N2C. The third kappa shape index (κ3) is 3.77. The predicted octanol–water partition coefficient (Wildman–Crippen LogP) is 3.79. The van der Waals surface area contributed by atoms with Crippen LogP contribution in [0.4, 0.5) is 10.2 Å². The molecule has 2 bridgehead atoms. The number of fused-ring (bicyclic) bond motifs is 2. The molecule has 2 fully saturated rings. The number of anilines is 1. The van der Waals surface area contributed by atoms with Crippen molar-refractivity contribution in [3.63, 3.8) is 0 Å². The largest absolute Gasteiger partial charge is 0.507 e. The highest BCUT2D eigenvalue weighted by molar-refractivity contribution is 5.72. The average Bonchev–Trinajstić information content (AvgIpc) is 2.86. The van der Waals surface area contributed by atoms with Crippen LogP contribution in [0.15, 0.2) is 47.4 Å². The van der Waals surface area contributed by atoms with Gasteiger partial charge in [0.05, 0.1) is 17.3 Å². The molecule has 1 N–H and O–H groups in total. The van der Waals surface area contributed by atoms with E-state index in [0.29, 0.717) is 28.5 Å². The van der Waals surface area contributed by atoms with Crippen molar-refractivity contribution in [3.8, 4) is 28.4 Å². The van der Waals surface area contributed by atoms with E-state index in [1.54, 1.807) is 31.3 Å². The Balaban J connectivity index is 1.40. The van der Waals surface area contributed by atoms with Crippen LogP contribution in [0, 0.1) is 0 Å². The van der Waals surface area contributed by atoms with Gasteiger partial charge in [-0.3, -0.25) is 14.3 Å². The summed E-state index contributed by atoms with van der Waals surface area (Å²) in [4.78, 5) is 20.4. The minimum absolute atomic E-state index is 0.00817. The Morgan fingerprint density at radius 2 is 1.89 bits per heavy atom. The maximum atomic E-state index is 15.9. The molecule has 36 heavy (non-hydrogen) atoms. The monoisotopic (exact) mass is 492 g/mol.